The molecule has 0 spiro atoms. The number of benzene rings is 1. The number of nitrogens with zero attached hydrogens (tertiary/aromatic N) is 1. The highest BCUT2D eigenvalue weighted by atomic mass is 35.5. The van der Waals surface area contributed by atoms with Crippen molar-refractivity contribution < 1.29 is 14.3 Å². The molecule has 0 bridgehead atoms. The minimum absolute atomic E-state index is 0.173. The summed E-state index contributed by atoms with van der Waals surface area (Å²) in [6.07, 6.45) is 4.57. The van der Waals surface area contributed by atoms with Crippen LogP contribution in [0.2, 0.25) is 5.02 Å². The zero-order chi connectivity index (χ0) is 16.9. The first-order valence-corrected chi connectivity index (χ1v) is 7.64. The van der Waals surface area contributed by atoms with E-state index in [9.17, 15) is 9.59 Å². The SMILES string of the molecule is C[C@@](C#N)(NC(=O)COC(=O)/C=C/c1ccccc1Cl)C1CC1. The highest BCUT2D eigenvalue weighted by molar-refractivity contribution is 6.32. The molecule has 1 N–H and O–H groups in total. The van der Waals surface area contributed by atoms with E-state index < -0.39 is 24.0 Å². The van der Waals surface area contributed by atoms with Gasteiger partial charge in [0, 0.05) is 11.1 Å². The first kappa shape index (κ1) is 17.0. The van der Waals surface area contributed by atoms with Crippen LogP contribution in [0, 0.1) is 17.2 Å². The highest BCUT2D eigenvalue weighted by Gasteiger charge is 2.43. The second-order valence-corrected chi connectivity index (χ2v) is 6.01. The van der Waals surface area contributed by atoms with Gasteiger partial charge in [-0.25, -0.2) is 4.79 Å². The van der Waals surface area contributed by atoms with Crippen molar-refractivity contribution in [2.75, 3.05) is 6.61 Å². The molecule has 23 heavy (non-hydrogen) atoms. The Morgan fingerprint density at radius 2 is 2.17 bits per heavy atom. The zero-order valence-electron chi connectivity index (χ0n) is 12.7. The predicted octanol–water partition coefficient (Wildman–Crippen LogP) is 2.70. The van der Waals surface area contributed by atoms with Crippen molar-refractivity contribution >= 4 is 29.6 Å². The Balaban J connectivity index is 1.81. The summed E-state index contributed by atoms with van der Waals surface area (Å²) in [6.45, 7) is 1.26. The third kappa shape index (κ3) is 4.83. The van der Waals surface area contributed by atoms with E-state index >= 15 is 0 Å². The summed E-state index contributed by atoms with van der Waals surface area (Å²) in [7, 11) is 0. The quantitative estimate of drug-likeness (QED) is 0.641. The Morgan fingerprint density at radius 3 is 2.78 bits per heavy atom. The standard InChI is InChI=1S/C17H17ClN2O3/c1-17(11-19,13-7-8-13)20-15(21)10-23-16(22)9-6-12-4-2-3-5-14(12)18/h2-6,9,13H,7-8,10H2,1H3,(H,20,21)/b9-6+/t17-/m0/s1. The van der Waals surface area contributed by atoms with Crippen molar-refractivity contribution in [3.63, 3.8) is 0 Å². The lowest BCUT2D eigenvalue weighted by Gasteiger charge is -2.22. The van der Waals surface area contributed by atoms with E-state index in [1.54, 1.807) is 31.2 Å². The van der Waals surface area contributed by atoms with Crippen LogP contribution in [0.15, 0.2) is 30.3 Å². The molecule has 0 aliphatic heterocycles. The first-order chi connectivity index (χ1) is 10.9. The molecule has 1 amide bonds. The van der Waals surface area contributed by atoms with E-state index in [1.165, 1.54) is 12.2 Å². The molecule has 1 aromatic carbocycles. The Bertz CT molecular complexity index is 677. The number of halogens is 1. The third-order valence-corrected chi connectivity index (χ3v) is 4.02. The van der Waals surface area contributed by atoms with Crippen molar-refractivity contribution in [1.29, 1.82) is 5.26 Å². The number of nitriles is 1. The summed E-state index contributed by atoms with van der Waals surface area (Å²) in [5.41, 5.74) is -0.210. The largest absolute Gasteiger partial charge is 0.452 e. The average Bonchev–Trinajstić information content (AvgIpc) is 3.37. The molecular weight excluding hydrogens is 316 g/mol. The third-order valence-electron chi connectivity index (χ3n) is 3.67. The predicted molar refractivity (Wildman–Crippen MR) is 86.3 cm³/mol. The van der Waals surface area contributed by atoms with Crippen LogP contribution in [0.25, 0.3) is 6.08 Å². The number of hydrogen-bond acceptors (Lipinski definition) is 4. The Labute approximate surface area is 139 Å². The van der Waals surface area contributed by atoms with E-state index in [4.69, 9.17) is 21.6 Å². The average molecular weight is 333 g/mol. The molecule has 0 radical (unpaired) electrons. The molecule has 1 aromatic rings. The number of carbonyl (C=O) groups is 2. The van der Waals surface area contributed by atoms with Crippen molar-refractivity contribution in [3.05, 3.63) is 40.9 Å². The maximum absolute atomic E-state index is 11.8. The van der Waals surface area contributed by atoms with E-state index in [0.29, 0.717) is 10.6 Å². The lowest BCUT2D eigenvalue weighted by molar-refractivity contribution is -0.144. The van der Waals surface area contributed by atoms with Crippen LogP contribution in [0.1, 0.15) is 25.3 Å². The molecule has 0 saturated heterocycles. The van der Waals surface area contributed by atoms with E-state index in [-0.39, 0.29) is 5.92 Å². The summed E-state index contributed by atoms with van der Waals surface area (Å²) in [4.78, 5) is 23.4. The van der Waals surface area contributed by atoms with E-state index in [2.05, 4.69) is 11.4 Å². The van der Waals surface area contributed by atoms with Crippen molar-refractivity contribution in [3.8, 4) is 6.07 Å². The Morgan fingerprint density at radius 1 is 1.48 bits per heavy atom. The van der Waals surface area contributed by atoms with Crippen LogP contribution in [0.4, 0.5) is 0 Å². The molecule has 6 heteroatoms. The van der Waals surface area contributed by atoms with Gasteiger partial charge in [-0.05, 0) is 43.4 Å². The number of rotatable bonds is 6. The van der Waals surface area contributed by atoms with Crippen LogP contribution in [-0.2, 0) is 14.3 Å². The monoisotopic (exact) mass is 332 g/mol. The fourth-order valence-electron chi connectivity index (χ4n) is 2.16. The van der Waals surface area contributed by atoms with Crippen molar-refractivity contribution in [1.82, 2.24) is 5.32 Å². The molecular formula is C17H17ClN2O3. The smallest absolute Gasteiger partial charge is 0.331 e. The number of hydrogen-bond donors (Lipinski definition) is 1. The van der Waals surface area contributed by atoms with Crippen LogP contribution < -0.4 is 5.32 Å². The Kier molecular flexibility index (Phi) is 5.41. The summed E-state index contributed by atoms with van der Waals surface area (Å²) < 4.78 is 4.87. The van der Waals surface area contributed by atoms with Gasteiger partial charge in [-0.1, -0.05) is 29.8 Å². The van der Waals surface area contributed by atoms with Gasteiger partial charge in [0.2, 0.25) is 0 Å². The van der Waals surface area contributed by atoms with Gasteiger partial charge in [0.1, 0.15) is 5.54 Å². The Hall–Kier alpha value is -2.32. The molecule has 0 aromatic heterocycles. The summed E-state index contributed by atoms with van der Waals surface area (Å²) in [5.74, 6) is -0.960. The lowest BCUT2D eigenvalue weighted by Crippen LogP contribution is -2.48. The van der Waals surface area contributed by atoms with Gasteiger partial charge in [0.05, 0.1) is 6.07 Å². The second-order valence-electron chi connectivity index (χ2n) is 5.60. The highest BCUT2D eigenvalue weighted by Crippen LogP contribution is 2.39. The molecule has 1 aliphatic carbocycles. The molecule has 0 heterocycles. The van der Waals surface area contributed by atoms with Gasteiger partial charge in [0.15, 0.2) is 6.61 Å². The second kappa shape index (κ2) is 7.30. The molecule has 5 nitrogen and oxygen atoms in total. The number of carbonyl (C=O) groups excluding carboxylic acids is 2. The number of nitrogens with one attached hydrogen (secondary N) is 1. The molecule has 2 rings (SSSR count). The maximum atomic E-state index is 11.8. The van der Waals surface area contributed by atoms with Gasteiger partial charge in [-0.2, -0.15) is 5.26 Å². The summed E-state index contributed by atoms with van der Waals surface area (Å²) >= 11 is 5.96. The maximum Gasteiger partial charge on any atom is 0.331 e. The number of amides is 1. The number of ether oxygens (including phenoxy) is 1. The van der Waals surface area contributed by atoms with Crippen LogP contribution in [0.5, 0.6) is 0 Å². The first-order valence-electron chi connectivity index (χ1n) is 7.26. The fourth-order valence-corrected chi connectivity index (χ4v) is 2.36. The van der Waals surface area contributed by atoms with Crippen LogP contribution in [0.3, 0.4) is 0 Å². The van der Waals surface area contributed by atoms with Crippen molar-refractivity contribution in [2.24, 2.45) is 5.92 Å². The van der Waals surface area contributed by atoms with Crippen LogP contribution >= 0.6 is 11.6 Å². The minimum atomic E-state index is -0.892. The molecule has 1 fully saturated rings. The molecule has 1 saturated carbocycles. The minimum Gasteiger partial charge on any atom is -0.452 e. The van der Waals surface area contributed by atoms with E-state index in [0.717, 1.165) is 12.8 Å². The van der Waals surface area contributed by atoms with Gasteiger partial charge in [0.25, 0.3) is 5.91 Å². The van der Waals surface area contributed by atoms with Gasteiger partial charge >= 0.3 is 5.97 Å². The van der Waals surface area contributed by atoms with Gasteiger partial charge in [-0.15, -0.1) is 0 Å². The van der Waals surface area contributed by atoms with Crippen molar-refractivity contribution in [2.45, 2.75) is 25.3 Å². The molecule has 1 atom stereocenters. The topological polar surface area (TPSA) is 79.2 Å². The van der Waals surface area contributed by atoms with Crippen LogP contribution in [-0.4, -0.2) is 24.0 Å². The van der Waals surface area contributed by atoms with E-state index in [1.807, 2.05) is 0 Å². The number of esters is 1. The lowest BCUT2D eigenvalue weighted by atomic mass is 9.98. The molecule has 0 unspecified atom stereocenters. The summed E-state index contributed by atoms with van der Waals surface area (Å²) in [6, 6.07) is 9.16. The fraction of sp³-hybridized carbons (Fsp3) is 0.353. The molecule has 120 valence electrons. The van der Waals surface area contributed by atoms with Gasteiger partial charge in [-0.3, -0.25) is 4.79 Å². The van der Waals surface area contributed by atoms with Gasteiger partial charge < -0.3 is 10.1 Å². The zero-order valence-corrected chi connectivity index (χ0v) is 13.5. The normalized spacial score (nSPS) is 16.4. The summed E-state index contributed by atoms with van der Waals surface area (Å²) in [5, 5.41) is 12.3. The molecule has 1 aliphatic rings.